The summed E-state index contributed by atoms with van der Waals surface area (Å²) in [6.07, 6.45) is 6.86. The molecular formula is C36H36ClMnN7O4. The Balaban J connectivity index is 0.00000468. The maximum atomic E-state index is 13.2. The second-order valence-electron chi connectivity index (χ2n) is 11.9. The fraction of sp³-hybridized carbons (Fsp3) is 0.306. The third-order valence-electron chi connectivity index (χ3n) is 8.88. The van der Waals surface area contributed by atoms with Gasteiger partial charge in [-0.25, -0.2) is 26.2 Å². The predicted molar refractivity (Wildman–Crippen MR) is 188 cm³/mol. The van der Waals surface area contributed by atoms with Gasteiger partial charge in [-0.15, -0.1) is 6.54 Å². The van der Waals surface area contributed by atoms with E-state index in [-0.39, 0.29) is 34.1 Å². The molecule has 0 aliphatic heterocycles. The van der Waals surface area contributed by atoms with E-state index in [0.717, 1.165) is 62.2 Å². The Hall–Kier alpha value is -4.35. The molecule has 1 aliphatic carbocycles. The number of nitrogens with one attached hydrogen (secondary N) is 2. The zero-order chi connectivity index (χ0) is 34.1. The van der Waals surface area contributed by atoms with Crippen molar-refractivity contribution in [1.29, 1.82) is 0 Å². The molecule has 253 valence electrons. The zero-order valence-electron chi connectivity index (χ0n) is 27.9. The Morgan fingerprint density at radius 1 is 1.04 bits per heavy atom. The van der Waals surface area contributed by atoms with E-state index in [0.29, 0.717) is 41.9 Å². The molecule has 6 rings (SSSR count). The summed E-state index contributed by atoms with van der Waals surface area (Å²) in [5.41, 5.74) is 6.37. The molecule has 11 nitrogen and oxygen atoms in total. The molecule has 1 radical (unpaired) electrons. The van der Waals surface area contributed by atoms with Crippen LogP contribution in [0.3, 0.4) is 0 Å². The van der Waals surface area contributed by atoms with E-state index in [4.69, 9.17) is 21.3 Å². The van der Waals surface area contributed by atoms with E-state index in [2.05, 4.69) is 33.1 Å². The number of pyridine rings is 1. The van der Waals surface area contributed by atoms with Gasteiger partial charge in [0.15, 0.2) is 5.65 Å². The summed E-state index contributed by atoms with van der Waals surface area (Å²) in [4.78, 5) is 50.1. The van der Waals surface area contributed by atoms with Gasteiger partial charge in [0, 0.05) is 42.5 Å². The number of methoxy groups -OCH3 is 1. The second-order valence-corrected chi connectivity index (χ2v) is 12.2. The van der Waals surface area contributed by atoms with Crippen LogP contribution in [-0.4, -0.2) is 44.0 Å². The molecule has 2 N–H and O–H groups in total. The number of hydrogen-bond donors (Lipinski definition) is 2. The molecule has 0 bridgehead atoms. The maximum absolute atomic E-state index is 13.2. The molecule has 2 aromatic carbocycles. The van der Waals surface area contributed by atoms with Crippen molar-refractivity contribution in [2.24, 2.45) is 14.1 Å². The number of nitrogens with zero attached hydrogens (tertiary/aromatic N) is 5. The minimum Gasteiger partial charge on any atom is -0.542 e. The number of unbranched alkanes of at least 4 members (excludes halogenated alkanes) is 2. The zero-order valence-corrected chi connectivity index (χ0v) is 29.8. The van der Waals surface area contributed by atoms with Crippen molar-refractivity contribution in [3.63, 3.8) is 0 Å². The number of aryl methyl sites for hydroxylation is 3. The van der Waals surface area contributed by atoms with Crippen LogP contribution in [0, 0.1) is 20.3 Å². The largest absolute Gasteiger partial charge is 2.00 e. The van der Waals surface area contributed by atoms with Gasteiger partial charge in [-0.3, -0.25) is 20.2 Å². The van der Waals surface area contributed by atoms with Crippen LogP contribution in [0.5, 0.6) is 5.88 Å². The molecule has 0 fully saturated rings. The molecule has 1 aliphatic rings. The third-order valence-corrected chi connectivity index (χ3v) is 9.28. The molecule has 1 unspecified atom stereocenters. The SMILES string of the molecule is COc1nc(-c2cccc(-c3cccc(Nc4nc(C)nc5c4c(=O)n(C)c(=O)n5C)c3C)c2Cl)cc2c1C(NC[CH-]CC[C-]=O)CC2.[Mn+2]. The number of aromatic nitrogens is 5. The van der Waals surface area contributed by atoms with Crippen molar-refractivity contribution >= 4 is 40.4 Å². The Bertz CT molecular complexity index is 2180. The smallest absolute Gasteiger partial charge is 0.542 e. The molecule has 3 aromatic heterocycles. The van der Waals surface area contributed by atoms with Crippen LogP contribution in [0.25, 0.3) is 33.4 Å². The van der Waals surface area contributed by atoms with E-state index in [1.807, 2.05) is 49.6 Å². The Morgan fingerprint density at radius 3 is 2.53 bits per heavy atom. The van der Waals surface area contributed by atoms with Crippen LogP contribution in [0.4, 0.5) is 11.5 Å². The average Bonchev–Trinajstić information content (AvgIpc) is 3.49. The summed E-state index contributed by atoms with van der Waals surface area (Å²) in [5.74, 6) is 1.30. The van der Waals surface area contributed by atoms with Crippen molar-refractivity contribution in [2.75, 3.05) is 19.0 Å². The van der Waals surface area contributed by atoms with Crippen LogP contribution in [0.2, 0.25) is 5.02 Å². The predicted octanol–water partition coefficient (Wildman–Crippen LogP) is 5.45. The normalized spacial score (nSPS) is 13.6. The Labute approximate surface area is 299 Å². The fourth-order valence-electron chi connectivity index (χ4n) is 6.38. The Morgan fingerprint density at radius 2 is 1.78 bits per heavy atom. The number of anilines is 2. The van der Waals surface area contributed by atoms with Crippen molar-refractivity contribution in [3.05, 3.63) is 97.3 Å². The molecule has 13 heteroatoms. The van der Waals surface area contributed by atoms with E-state index < -0.39 is 11.2 Å². The van der Waals surface area contributed by atoms with Crippen molar-refractivity contribution in [2.45, 2.75) is 45.6 Å². The van der Waals surface area contributed by atoms with E-state index >= 15 is 0 Å². The molecule has 0 saturated carbocycles. The first-order chi connectivity index (χ1) is 23.1. The molecule has 0 amide bonds. The van der Waals surface area contributed by atoms with Crippen LogP contribution >= 0.6 is 11.6 Å². The number of fused-ring (bicyclic) bond motifs is 2. The number of halogens is 1. The summed E-state index contributed by atoms with van der Waals surface area (Å²) in [5, 5.41) is 7.66. The standard InChI is InChI=1S/C36H36ClN7O4.Mn/c1-20-23(11-10-14-26(20)41-32-30-33(40-21(2)39-32)43(3)36(47)44(4)35(30)46)24-12-9-13-25(31(24)37)28-19-22-15-16-27(29(22)34(42-28)48-5)38-17-7-6-8-18-45;/h7,9-14,19,27,38H,6,8,15-17H2,1-5H3,(H,39,40,41);/q-2;+2. The second kappa shape index (κ2) is 15.0. The summed E-state index contributed by atoms with van der Waals surface area (Å²) in [6.45, 7) is 4.37. The minimum absolute atomic E-state index is 0. The molecule has 0 saturated heterocycles. The van der Waals surface area contributed by atoms with Gasteiger partial charge in [0.05, 0.1) is 17.8 Å². The van der Waals surface area contributed by atoms with E-state index in [1.165, 1.54) is 11.6 Å². The fourth-order valence-corrected chi connectivity index (χ4v) is 6.70. The monoisotopic (exact) mass is 720 g/mol. The van der Waals surface area contributed by atoms with Gasteiger partial charge in [-0.2, -0.15) is 6.42 Å². The topological polar surface area (TPSA) is 133 Å². The maximum Gasteiger partial charge on any atom is 2.00 e. The van der Waals surface area contributed by atoms with Gasteiger partial charge < -0.3 is 26.6 Å². The van der Waals surface area contributed by atoms with E-state index in [1.54, 1.807) is 21.1 Å². The van der Waals surface area contributed by atoms with Crippen LogP contribution in [0.1, 0.15) is 47.8 Å². The first-order valence-corrected chi connectivity index (χ1v) is 16.1. The number of carbonyl (C=O) groups excluding carboxylic acids is 1. The van der Waals surface area contributed by atoms with Crippen LogP contribution in [0.15, 0.2) is 52.1 Å². The van der Waals surface area contributed by atoms with Gasteiger partial charge in [-0.1, -0.05) is 41.9 Å². The molecule has 0 spiro atoms. The molecule has 49 heavy (non-hydrogen) atoms. The molecule has 5 aromatic rings. The number of hydrogen-bond acceptors (Lipinski definition) is 9. The molecule has 1 atom stereocenters. The van der Waals surface area contributed by atoms with E-state index in [9.17, 15) is 14.4 Å². The third kappa shape index (κ3) is 6.78. The van der Waals surface area contributed by atoms with Gasteiger partial charge in [0.2, 0.25) is 5.88 Å². The average molecular weight is 721 g/mol. The Kier molecular flexibility index (Phi) is 11.0. The van der Waals surface area contributed by atoms with Gasteiger partial charge in [-0.05, 0) is 55.5 Å². The van der Waals surface area contributed by atoms with Crippen molar-refractivity contribution in [1.82, 2.24) is 29.4 Å². The first kappa shape index (κ1) is 35.9. The molecular weight excluding hydrogens is 685 g/mol. The number of benzene rings is 2. The molecule has 3 heterocycles. The number of rotatable bonds is 11. The quantitative estimate of drug-likeness (QED) is 0.104. The summed E-state index contributed by atoms with van der Waals surface area (Å²) in [7, 11) is 4.65. The summed E-state index contributed by atoms with van der Waals surface area (Å²) >= 11 is 7.17. The van der Waals surface area contributed by atoms with Crippen LogP contribution < -0.4 is 26.6 Å². The number of ether oxygens (including phenoxy) is 1. The van der Waals surface area contributed by atoms with Gasteiger partial charge in [0.1, 0.15) is 17.0 Å². The van der Waals surface area contributed by atoms with Gasteiger partial charge in [0.25, 0.3) is 5.56 Å². The minimum atomic E-state index is -0.480. The van der Waals surface area contributed by atoms with Crippen molar-refractivity contribution in [3.8, 4) is 28.3 Å². The van der Waals surface area contributed by atoms with Crippen LogP contribution in [-0.2, 0) is 42.4 Å². The summed E-state index contributed by atoms with van der Waals surface area (Å²) in [6, 6.07) is 13.9. The van der Waals surface area contributed by atoms with Crippen molar-refractivity contribution < 1.29 is 26.6 Å². The summed E-state index contributed by atoms with van der Waals surface area (Å²) < 4.78 is 8.19. The van der Waals surface area contributed by atoms with Gasteiger partial charge >= 0.3 is 22.8 Å². The first-order valence-electron chi connectivity index (χ1n) is 15.7.